The molecular weight excluding hydrogens is 417 g/mol. The van der Waals surface area contributed by atoms with E-state index in [0.29, 0.717) is 28.2 Å². The zero-order valence-electron chi connectivity index (χ0n) is 16.7. The Morgan fingerprint density at radius 3 is 2.81 bits per heavy atom. The van der Waals surface area contributed by atoms with Crippen LogP contribution in [0, 0.1) is 5.82 Å². The van der Waals surface area contributed by atoms with Crippen molar-refractivity contribution >= 4 is 17.6 Å². The summed E-state index contributed by atoms with van der Waals surface area (Å²) in [5, 5.41) is 11.0. The van der Waals surface area contributed by atoms with E-state index in [9.17, 15) is 14.0 Å². The Morgan fingerprint density at radius 2 is 2.09 bits per heavy atom. The van der Waals surface area contributed by atoms with Crippen molar-refractivity contribution in [1.82, 2.24) is 24.9 Å². The van der Waals surface area contributed by atoms with Crippen molar-refractivity contribution in [1.29, 1.82) is 0 Å². The second kappa shape index (κ2) is 7.08. The molecule has 5 rings (SSSR count). The van der Waals surface area contributed by atoms with Gasteiger partial charge < -0.3 is 15.6 Å². The number of nitrogens with zero attached hydrogens (tertiary/aromatic N) is 5. The highest BCUT2D eigenvalue weighted by atomic mass is 19.1. The van der Waals surface area contributed by atoms with Gasteiger partial charge in [-0.25, -0.2) is 14.4 Å². The van der Waals surface area contributed by atoms with E-state index in [4.69, 9.17) is 10.3 Å². The van der Waals surface area contributed by atoms with E-state index in [2.05, 4.69) is 25.5 Å². The van der Waals surface area contributed by atoms with Crippen molar-refractivity contribution in [3.63, 3.8) is 0 Å². The van der Waals surface area contributed by atoms with Crippen LogP contribution in [-0.2, 0) is 21.5 Å². The Kier molecular flexibility index (Phi) is 4.33. The number of benzene rings is 1. The lowest BCUT2D eigenvalue weighted by Crippen LogP contribution is -2.44. The summed E-state index contributed by atoms with van der Waals surface area (Å²) in [6.45, 7) is 1.56. The molecule has 0 spiro atoms. The van der Waals surface area contributed by atoms with Gasteiger partial charge in [0.25, 0.3) is 0 Å². The minimum Gasteiger partial charge on any atom is -0.368 e. The van der Waals surface area contributed by atoms with Gasteiger partial charge in [0, 0.05) is 23.4 Å². The highest BCUT2D eigenvalue weighted by Gasteiger charge is 2.49. The minimum absolute atomic E-state index is 0.135. The third-order valence-electron chi connectivity index (χ3n) is 5.49. The van der Waals surface area contributed by atoms with Crippen LogP contribution in [0.1, 0.15) is 18.1 Å². The summed E-state index contributed by atoms with van der Waals surface area (Å²) >= 11 is 0. The number of hydrogen-bond acceptors (Lipinski definition) is 7. The quantitative estimate of drug-likeness (QED) is 0.458. The lowest BCUT2D eigenvalue weighted by molar-refractivity contribution is -0.131. The molecule has 0 saturated carbocycles. The van der Waals surface area contributed by atoms with Crippen LogP contribution in [0.3, 0.4) is 0 Å². The van der Waals surface area contributed by atoms with Crippen molar-refractivity contribution in [2.45, 2.75) is 18.9 Å². The number of primary amides is 1. The number of halogens is 1. The molecule has 0 radical (unpaired) electrons. The molecule has 4 aromatic rings. The predicted octanol–water partition coefficient (Wildman–Crippen LogP) is 1.88. The standard InChI is InChI=1S/C21H16FN7O3/c1-21(19(23)30)12-9-24-18(25-17(12)26-20(21)31)15-8-16(14-6-7-32-28-14)29(27-15)10-11-4-2-3-5-13(11)22/h2-9H,10H2,1H3,(H2,23,30)(H,24,25,26,31). The van der Waals surface area contributed by atoms with Crippen LogP contribution in [0.15, 0.2) is 53.4 Å². The molecule has 4 heterocycles. The van der Waals surface area contributed by atoms with E-state index < -0.39 is 17.2 Å². The Balaban J connectivity index is 1.58. The fourth-order valence-corrected chi connectivity index (χ4v) is 3.55. The topological polar surface area (TPSA) is 142 Å². The first-order valence-corrected chi connectivity index (χ1v) is 9.59. The van der Waals surface area contributed by atoms with E-state index >= 15 is 0 Å². The molecule has 32 heavy (non-hydrogen) atoms. The van der Waals surface area contributed by atoms with Crippen molar-refractivity contribution in [2.24, 2.45) is 5.73 Å². The lowest BCUT2D eigenvalue weighted by atomic mass is 9.85. The molecule has 1 unspecified atom stereocenters. The predicted molar refractivity (Wildman–Crippen MR) is 109 cm³/mol. The number of nitrogens with one attached hydrogen (secondary N) is 1. The minimum atomic E-state index is -1.55. The number of aromatic nitrogens is 5. The van der Waals surface area contributed by atoms with Gasteiger partial charge >= 0.3 is 0 Å². The fraction of sp³-hybridized carbons (Fsp3) is 0.143. The Labute approximate surface area is 180 Å². The first kappa shape index (κ1) is 19.5. The number of fused-ring (bicyclic) bond motifs is 1. The van der Waals surface area contributed by atoms with Gasteiger partial charge in [-0.3, -0.25) is 14.3 Å². The van der Waals surface area contributed by atoms with E-state index in [1.54, 1.807) is 35.0 Å². The second-order valence-electron chi connectivity index (χ2n) is 7.45. The molecule has 1 atom stereocenters. The van der Waals surface area contributed by atoms with Crippen LogP contribution in [0.2, 0.25) is 0 Å². The summed E-state index contributed by atoms with van der Waals surface area (Å²) in [6, 6.07) is 9.72. The highest BCUT2D eigenvalue weighted by molar-refractivity contribution is 6.19. The number of amides is 2. The normalized spacial score (nSPS) is 17.2. The maximum Gasteiger partial charge on any atom is 0.245 e. The summed E-state index contributed by atoms with van der Waals surface area (Å²) in [6.07, 6.45) is 2.80. The van der Waals surface area contributed by atoms with Crippen LogP contribution in [0.25, 0.3) is 22.9 Å². The molecule has 160 valence electrons. The molecule has 3 N–H and O–H groups in total. The summed E-state index contributed by atoms with van der Waals surface area (Å²) in [5.41, 5.74) is 6.03. The maximum absolute atomic E-state index is 14.2. The van der Waals surface area contributed by atoms with E-state index in [0.717, 1.165) is 0 Å². The van der Waals surface area contributed by atoms with Crippen LogP contribution < -0.4 is 11.1 Å². The van der Waals surface area contributed by atoms with Gasteiger partial charge in [0.15, 0.2) is 11.2 Å². The van der Waals surface area contributed by atoms with Gasteiger partial charge in [-0.1, -0.05) is 23.4 Å². The van der Waals surface area contributed by atoms with Gasteiger partial charge in [-0.15, -0.1) is 0 Å². The van der Waals surface area contributed by atoms with Gasteiger partial charge in [-0.2, -0.15) is 5.10 Å². The number of rotatable bonds is 5. The lowest BCUT2D eigenvalue weighted by Gasteiger charge is -2.16. The van der Waals surface area contributed by atoms with E-state index in [1.807, 2.05) is 0 Å². The number of carbonyl (C=O) groups is 2. The van der Waals surface area contributed by atoms with Crippen molar-refractivity contribution in [3.8, 4) is 22.9 Å². The van der Waals surface area contributed by atoms with E-state index in [1.165, 1.54) is 25.5 Å². The smallest absolute Gasteiger partial charge is 0.245 e. The van der Waals surface area contributed by atoms with Gasteiger partial charge in [-0.05, 0) is 19.1 Å². The van der Waals surface area contributed by atoms with Crippen LogP contribution in [-0.4, -0.2) is 36.7 Å². The molecule has 1 aliphatic heterocycles. The summed E-state index contributed by atoms with van der Waals surface area (Å²) in [4.78, 5) is 32.9. The molecule has 0 bridgehead atoms. The average Bonchev–Trinajstić information content (AvgIpc) is 3.49. The molecule has 0 saturated heterocycles. The maximum atomic E-state index is 14.2. The monoisotopic (exact) mass is 433 g/mol. The summed E-state index contributed by atoms with van der Waals surface area (Å²) in [7, 11) is 0. The Bertz CT molecular complexity index is 1370. The zero-order chi connectivity index (χ0) is 22.5. The first-order valence-electron chi connectivity index (χ1n) is 9.59. The van der Waals surface area contributed by atoms with Crippen molar-refractivity contribution < 1.29 is 18.5 Å². The first-order chi connectivity index (χ1) is 15.4. The largest absolute Gasteiger partial charge is 0.368 e. The van der Waals surface area contributed by atoms with Crippen LogP contribution >= 0.6 is 0 Å². The molecule has 1 aliphatic rings. The highest BCUT2D eigenvalue weighted by Crippen LogP contribution is 2.37. The summed E-state index contributed by atoms with van der Waals surface area (Å²) < 4.78 is 20.7. The number of hydrogen-bond donors (Lipinski definition) is 2. The molecule has 0 aliphatic carbocycles. The van der Waals surface area contributed by atoms with Gasteiger partial charge in [0.05, 0.1) is 12.2 Å². The van der Waals surface area contributed by atoms with Crippen molar-refractivity contribution in [2.75, 3.05) is 5.32 Å². The van der Waals surface area contributed by atoms with Gasteiger partial charge in [0.2, 0.25) is 11.8 Å². The van der Waals surface area contributed by atoms with Crippen LogP contribution in [0.5, 0.6) is 0 Å². The molecule has 1 aromatic carbocycles. The average molecular weight is 433 g/mol. The molecule has 11 heteroatoms. The second-order valence-corrected chi connectivity index (χ2v) is 7.45. The Hall–Kier alpha value is -4.41. The third kappa shape index (κ3) is 2.94. The number of carbonyl (C=O) groups excluding carboxylic acids is 2. The van der Waals surface area contributed by atoms with Crippen molar-refractivity contribution in [3.05, 3.63) is 65.8 Å². The van der Waals surface area contributed by atoms with Crippen LogP contribution in [0.4, 0.5) is 10.2 Å². The summed E-state index contributed by atoms with van der Waals surface area (Å²) in [5.74, 6) is -1.34. The molecule has 0 fully saturated rings. The Morgan fingerprint density at radius 1 is 1.28 bits per heavy atom. The molecule has 3 aromatic heterocycles. The SMILES string of the molecule is CC1(C(N)=O)C(=O)Nc2nc(-c3cc(-c4ccon4)n(Cc4ccccc4F)n3)ncc21. The fourth-order valence-electron chi connectivity index (χ4n) is 3.55. The zero-order valence-corrected chi connectivity index (χ0v) is 16.7. The molecule has 2 amide bonds. The third-order valence-corrected chi connectivity index (χ3v) is 5.49. The number of nitrogens with two attached hydrogens (primary N) is 1. The van der Waals surface area contributed by atoms with E-state index in [-0.39, 0.29) is 24.0 Å². The number of anilines is 1. The molecule has 10 nitrogen and oxygen atoms in total. The molecular formula is C21H16FN7O3. The van der Waals surface area contributed by atoms with Gasteiger partial charge in [0.1, 0.15) is 29.3 Å².